The lowest BCUT2D eigenvalue weighted by atomic mass is 10.1. The Bertz CT molecular complexity index is 344. The molecule has 0 bridgehead atoms. The monoisotopic (exact) mass is 237 g/mol. The Kier molecular flexibility index (Phi) is 4.97. The van der Waals surface area contributed by atoms with E-state index in [1.807, 2.05) is 18.2 Å². The summed E-state index contributed by atoms with van der Waals surface area (Å²) in [5.41, 5.74) is 0.392. The normalized spacial score (nSPS) is 13.5. The molecule has 1 aromatic rings. The van der Waals surface area contributed by atoms with Crippen LogP contribution in [-0.2, 0) is 0 Å². The van der Waals surface area contributed by atoms with Gasteiger partial charge in [-0.05, 0) is 45.0 Å². The molecule has 1 unspecified atom stereocenters. The van der Waals surface area contributed by atoms with Gasteiger partial charge < -0.3 is 15.2 Å². The van der Waals surface area contributed by atoms with Crippen LogP contribution in [0.5, 0.6) is 5.75 Å². The Balaban J connectivity index is 2.66. The maximum absolute atomic E-state index is 9.60. The van der Waals surface area contributed by atoms with E-state index in [1.165, 1.54) is 5.56 Å². The second-order valence-electron chi connectivity index (χ2n) is 4.95. The number of aliphatic hydroxyl groups is 1. The second-order valence-corrected chi connectivity index (χ2v) is 4.95. The summed E-state index contributed by atoms with van der Waals surface area (Å²) in [6, 6.07) is 8.28. The van der Waals surface area contributed by atoms with Gasteiger partial charge in [-0.15, -0.1) is 0 Å². The van der Waals surface area contributed by atoms with Crippen LogP contribution in [0.2, 0.25) is 0 Å². The van der Waals surface area contributed by atoms with E-state index in [0.717, 1.165) is 12.3 Å². The molecule has 0 radical (unpaired) electrons. The predicted molar refractivity (Wildman–Crippen MR) is 70.3 cm³/mol. The van der Waals surface area contributed by atoms with Gasteiger partial charge in [-0.2, -0.15) is 0 Å². The summed E-state index contributed by atoms with van der Waals surface area (Å²) >= 11 is 0. The molecule has 17 heavy (non-hydrogen) atoms. The van der Waals surface area contributed by atoms with Gasteiger partial charge in [0, 0.05) is 6.04 Å². The topological polar surface area (TPSA) is 41.5 Å². The van der Waals surface area contributed by atoms with Gasteiger partial charge in [0.05, 0.1) is 5.60 Å². The second kappa shape index (κ2) is 6.03. The van der Waals surface area contributed by atoms with Crippen molar-refractivity contribution in [3.63, 3.8) is 0 Å². The minimum Gasteiger partial charge on any atom is -0.491 e. The Morgan fingerprint density at radius 3 is 2.71 bits per heavy atom. The van der Waals surface area contributed by atoms with Crippen LogP contribution in [-0.4, -0.2) is 23.9 Å². The van der Waals surface area contributed by atoms with Crippen molar-refractivity contribution in [3.05, 3.63) is 29.8 Å². The summed E-state index contributed by atoms with van der Waals surface area (Å²) in [7, 11) is 0. The molecule has 3 nitrogen and oxygen atoms in total. The van der Waals surface area contributed by atoms with Crippen LogP contribution in [0.1, 0.15) is 39.3 Å². The van der Waals surface area contributed by atoms with E-state index in [-0.39, 0.29) is 0 Å². The minimum atomic E-state index is -0.802. The van der Waals surface area contributed by atoms with Crippen molar-refractivity contribution >= 4 is 0 Å². The van der Waals surface area contributed by atoms with Crippen LogP contribution in [0, 0.1) is 0 Å². The first-order chi connectivity index (χ1) is 7.92. The number of hydrogen-bond acceptors (Lipinski definition) is 3. The van der Waals surface area contributed by atoms with Crippen molar-refractivity contribution in [1.29, 1.82) is 0 Å². The highest BCUT2D eigenvalue weighted by atomic mass is 16.5. The molecule has 0 heterocycles. The summed E-state index contributed by atoms with van der Waals surface area (Å²) < 4.78 is 5.56. The molecule has 0 amide bonds. The average molecular weight is 237 g/mol. The molecule has 0 saturated heterocycles. The molecular weight excluding hydrogens is 214 g/mol. The molecule has 0 aromatic heterocycles. The van der Waals surface area contributed by atoms with E-state index < -0.39 is 5.60 Å². The van der Waals surface area contributed by atoms with Gasteiger partial charge in [-0.1, -0.05) is 19.1 Å². The Morgan fingerprint density at radius 2 is 2.12 bits per heavy atom. The zero-order valence-electron chi connectivity index (χ0n) is 11.2. The first-order valence-electron chi connectivity index (χ1n) is 6.11. The fourth-order valence-corrected chi connectivity index (χ4v) is 1.56. The number of benzene rings is 1. The van der Waals surface area contributed by atoms with E-state index in [0.29, 0.717) is 12.6 Å². The SMILES string of the molecule is CCNC(C)c1cccc(OCC(C)(C)O)c1. The Morgan fingerprint density at radius 1 is 1.41 bits per heavy atom. The smallest absolute Gasteiger partial charge is 0.119 e. The van der Waals surface area contributed by atoms with E-state index in [1.54, 1.807) is 13.8 Å². The number of rotatable bonds is 6. The summed E-state index contributed by atoms with van der Waals surface area (Å²) in [6.45, 7) is 8.92. The van der Waals surface area contributed by atoms with Crippen molar-refractivity contribution in [3.8, 4) is 5.75 Å². The third-order valence-electron chi connectivity index (χ3n) is 2.46. The molecule has 0 aliphatic carbocycles. The van der Waals surface area contributed by atoms with Gasteiger partial charge in [-0.25, -0.2) is 0 Å². The van der Waals surface area contributed by atoms with Crippen LogP contribution in [0.4, 0.5) is 0 Å². The van der Waals surface area contributed by atoms with Gasteiger partial charge in [-0.3, -0.25) is 0 Å². The third-order valence-corrected chi connectivity index (χ3v) is 2.46. The number of hydrogen-bond donors (Lipinski definition) is 2. The van der Waals surface area contributed by atoms with Gasteiger partial charge in [0.1, 0.15) is 12.4 Å². The zero-order chi connectivity index (χ0) is 12.9. The third kappa shape index (κ3) is 5.20. The molecule has 0 spiro atoms. The van der Waals surface area contributed by atoms with Crippen LogP contribution >= 0.6 is 0 Å². The lowest BCUT2D eigenvalue weighted by Crippen LogP contribution is -2.27. The van der Waals surface area contributed by atoms with E-state index in [9.17, 15) is 5.11 Å². The summed E-state index contributed by atoms with van der Waals surface area (Å²) in [5, 5.41) is 13.0. The van der Waals surface area contributed by atoms with E-state index >= 15 is 0 Å². The van der Waals surface area contributed by atoms with Crippen LogP contribution in [0.15, 0.2) is 24.3 Å². The largest absolute Gasteiger partial charge is 0.491 e. The fourth-order valence-electron chi connectivity index (χ4n) is 1.56. The molecule has 3 heteroatoms. The molecule has 1 aromatic carbocycles. The molecule has 0 aliphatic rings. The molecule has 0 aliphatic heterocycles. The lowest BCUT2D eigenvalue weighted by molar-refractivity contribution is 0.0284. The molecule has 2 N–H and O–H groups in total. The molecular formula is C14H23NO2. The summed E-state index contributed by atoms with van der Waals surface area (Å²) in [4.78, 5) is 0. The van der Waals surface area contributed by atoms with Crippen molar-refractivity contribution < 1.29 is 9.84 Å². The van der Waals surface area contributed by atoms with Gasteiger partial charge in [0.2, 0.25) is 0 Å². The highest BCUT2D eigenvalue weighted by Crippen LogP contribution is 2.19. The lowest BCUT2D eigenvalue weighted by Gasteiger charge is -2.19. The quantitative estimate of drug-likeness (QED) is 0.798. The molecule has 1 atom stereocenters. The Hall–Kier alpha value is -1.06. The molecule has 1 rings (SSSR count). The van der Waals surface area contributed by atoms with E-state index in [4.69, 9.17) is 4.74 Å². The fraction of sp³-hybridized carbons (Fsp3) is 0.571. The summed E-state index contributed by atoms with van der Waals surface area (Å²) in [5.74, 6) is 0.800. The van der Waals surface area contributed by atoms with Gasteiger partial charge >= 0.3 is 0 Å². The first-order valence-corrected chi connectivity index (χ1v) is 6.11. The summed E-state index contributed by atoms with van der Waals surface area (Å²) in [6.07, 6.45) is 0. The molecule has 0 saturated carbocycles. The van der Waals surface area contributed by atoms with Crippen molar-refractivity contribution in [1.82, 2.24) is 5.32 Å². The first kappa shape index (κ1) is 14.0. The molecule has 0 fully saturated rings. The standard InChI is InChI=1S/C14H23NO2/c1-5-15-11(2)12-7-6-8-13(9-12)17-10-14(3,4)16/h6-9,11,15-16H,5,10H2,1-4H3. The van der Waals surface area contributed by atoms with Gasteiger partial charge in [0.15, 0.2) is 0 Å². The zero-order valence-corrected chi connectivity index (χ0v) is 11.2. The predicted octanol–water partition coefficient (Wildman–Crippen LogP) is 2.51. The van der Waals surface area contributed by atoms with Crippen LogP contribution in [0.3, 0.4) is 0 Å². The van der Waals surface area contributed by atoms with Crippen LogP contribution in [0.25, 0.3) is 0 Å². The number of ether oxygens (including phenoxy) is 1. The molecule has 96 valence electrons. The average Bonchev–Trinajstić information content (AvgIpc) is 2.26. The highest BCUT2D eigenvalue weighted by molar-refractivity contribution is 5.30. The van der Waals surface area contributed by atoms with Crippen molar-refractivity contribution in [2.45, 2.75) is 39.3 Å². The maximum Gasteiger partial charge on any atom is 0.119 e. The van der Waals surface area contributed by atoms with E-state index in [2.05, 4.69) is 25.2 Å². The minimum absolute atomic E-state index is 0.298. The maximum atomic E-state index is 9.60. The highest BCUT2D eigenvalue weighted by Gasteiger charge is 2.13. The Labute approximate surface area is 104 Å². The van der Waals surface area contributed by atoms with Crippen molar-refractivity contribution in [2.24, 2.45) is 0 Å². The van der Waals surface area contributed by atoms with Gasteiger partial charge in [0.25, 0.3) is 0 Å². The van der Waals surface area contributed by atoms with Crippen LogP contribution < -0.4 is 10.1 Å². The number of nitrogens with one attached hydrogen (secondary N) is 1. The van der Waals surface area contributed by atoms with Crippen molar-refractivity contribution in [2.75, 3.05) is 13.2 Å².